The number of hydrogen-bond donors (Lipinski definition) is 4. The third kappa shape index (κ3) is 1.66. The predicted molar refractivity (Wildman–Crippen MR) is 72.9 cm³/mol. The van der Waals surface area contributed by atoms with Crippen molar-refractivity contribution in [1.82, 2.24) is 19.5 Å². The van der Waals surface area contributed by atoms with Crippen LogP contribution in [0.3, 0.4) is 0 Å². The van der Waals surface area contributed by atoms with Gasteiger partial charge in [-0.05, 0) is 0 Å². The van der Waals surface area contributed by atoms with E-state index in [2.05, 4.69) is 15.0 Å². The highest BCUT2D eigenvalue weighted by Crippen LogP contribution is 2.45. The topological polar surface area (TPSA) is 149 Å². The number of nitrogens with one attached hydrogen (secondary N) is 1. The first-order valence-corrected chi connectivity index (χ1v) is 6.86. The monoisotopic (exact) mass is 309 g/mol. The average Bonchev–Trinajstić information content (AvgIpc) is 3.13. The molecule has 4 rings (SSSR count). The van der Waals surface area contributed by atoms with Gasteiger partial charge in [-0.1, -0.05) is 0 Å². The lowest BCUT2D eigenvalue weighted by Crippen LogP contribution is -2.42. The van der Waals surface area contributed by atoms with Gasteiger partial charge < -0.3 is 25.4 Å². The zero-order chi connectivity index (χ0) is 15.5. The number of aliphatic hydroxyl groups is 2. The minimum absolute atomic E-state index is 0.0922. The molecule has 10 heteroatoms. The summed E-state index contributed by atoms with van der Waals surface area (Å²) in [6, 6.07) is 0. The molecule has 2 aromatic rings. The summed E-state index contributed by atoms with van der Waals surface area (Å²) in [4.78, 5) is 21.8. The number of imidazole rings is 1. The van der Waals surface area contributed by atoms with Crippen molar-refractivity contribution < 1.29 is 19.7 Å². The molecular formula is C12H15N5O5. The fraction of sp³-hybridized carbons (Fsp3) is 0.583. The van der Waals surface area contributed by atoms with Crippen LogP contribution in [0.15, 0.2) is 11.1 Å². The van der Waals surface area contributed by atoms with E-state index in [0.29, 0.717) is 18.5 Å². The molecule has 2 fully saturated rings. The van der Waals surface area contributed by atoms with Crippen molar-refractivity contribution in [3.63, 3.8) is 0 Å². The molecule has 0 saturated carbocycles. The zero-order valence-corrected chi connectivity index (χ0v) is 11.5. The lowest BCUT2D eigenvalue weighted by atomic mass is 9.95. The van der Waals surface area contributed by atoms with Crippen LogP contribution in [0.1, 0.15) is 12.6 Å². The lowest BCUT2D eigenvalue weighted by molar-refractivity contribution is -0.108. The summed E-state index contributed by atoms with van der Waals surface area (Å²) in [6.45, 7) is 0.137. The Labute approximate surface area is 123 Å². The standard InChI is InChI=1S/C12H15N5O5/c13-8-5-9(16-11(20)15-8)17(4-14-5)10-6(19)7-12(3-18,22-10)1-2-21-7/h4,6-7,10,18-19H,1-3H2,(H3,13,15,16,20)/t6-,7+,10-,12-/m1/s1. The first kappa shape index (κ1) is 13.6. The maximum Gasteiger partial charge on any atom is 0.348 e. The van der Waals surface area contributed by atoms with E-state index in [1.54, 1.807) is 0 Å². The molecular weight excluding hydrogens is 294 g/mol. The van der Waals surface area contributed by atoms with Gasteiger partial charge in [-0.3, -0.25) is 9.55 Å². The Morgan fingerprint density at radius 1 is 1.59 bits per heavy atom. The summed E-state index contributed by atoms with van der Waals surface area (Å²) in [6.07, 6.45) is -0.656. The van der Waals surface area contributed by atoms with Gasteiger partial charge in [0.05, 0.1) is 19.5 Å². The Morgan fingerprint density at radius 2 is 2.41 bits per heavy atom. The molecule has 0 aromatic carbocycles. The number of hydrogen-bond acceptors (Lipinski definition) is 8. The minimum Gasteiger partial charge on any atom is -0.393 e. The molecule has 4 atom stereocenters. The second-order valence-corrected chi connectivity index (χ2v) is 5.54. The quantitative estimate of drug-likeness (QED) is 0.503. The highest BCUT2D eigenvalue weighted by atomic mass is 16.6. The molecule has 0 spiro atoms. The van der Waals surface area contributed by atoms with Crippen LogP contribution in [0.25, 0.3) is 11.2 Å². The van der Waals surface area contributed by atoms with E-state index in [4.69, 9.17) is 15.2 Å². The van der Waals surface area contributed by atoms with Crippen LogP contribution in [-0.4, -0.2) is 60.8 Å². The fourth-order valence-electron chi connectivity index (χ4n) is 3.22. The largest absolute Gasteiger partial charge is 0.393 e. The molecule has 0 unspecified atom stereocenters. The average molecular weight is 309 g/mol. The molecule has 22 heavy (non-hydrogen) atoms. The zero-order valence-electron chi connectivity index (χ0n) is 11.5. The molecule has 2 saturated heterocycles. The fourth-order valence-corrected chi connectivity index (χ4v) is 3.22. The molecule has 2 aliphatic rings. The second-order valence-electron chi connectivity index (χ2n) is 5.54. The van der Waals surface area contributed by atoms with Gasteiger partial charge in [0.2, 0.25) is 0 Å². The van der Waals surface area contributed by atoms with Crippen molar-refractivity contribution in [3.8, 4) is 0 Å². The number of nitrogens with zero attached hydrogens (tertiary/aromatic N) is 3. The van der Waals surface area contributed by atoms with Gasteiger partial charge in [-0.25, -0.2) is 9.78 Å². The summed E-state index contributed by atoms with van der Waals surface area (Å²) in [7, 11) is 0. The van der Waals surface area contributed by atoms with Gasteiger partial charge in [0.1, 0.15) is 29.1 Å². The van der Waals surface area contributed by atoms with Gasteiger partial charge >= 0.3 is 5.69 Å². The van der Waals surface area contributed by atoms with Gasteiger partial charge in [-0.15, -0.1) is 0 Å². The highest BCUT2D eigenvalue weighted by Gasteiger charge is 2.59. The van der Waals surface area contributed by atoms with Crippen LogP contribution in [0.4, 0.5) is 5.82 Å². The van der Waals surface area contributed by atoms with Crippen LogP contribution >= 0.6 is 0 Å². The van der Waals surface area contributed by atoms with Gasteiger partial charge in [0.25, 0.3) is 0 Å². The van der Waals surface area contributed by atoms with E-state index in [9.17, 15) is 15.0 Å². The number of aliphatic hydroxyl groups excluding tert-OH is 2. The summed E-state index contributed by atoms with van der Waals surface area (Å²) < 4.78 is 12.8. The Kier molecular flexibility index (Phi) is 2.78. The number of nitrogens with two attached hydrogens (primary N) is 1. The Bertz CT molecular complexity index is 788. The number of nitrogen functional groups attached to an aromatic ring is 1. The van der Waals surface area contributed by atoms with E-state index < -0.39 is 29.7 Å². The number of aromatic amines is 1. The number of rotatable bonds is 2. The minimum atomic E-state index is -1.02. The number of H-pyrrole nitrogens is 1. The van der Waals surface area contributed by atoms with Crippen molar-refractivity contribution >= 4 is 17.0 Å². The first-order chi connectivity index (χ1) is 10.6. The highest BCUT2D eigenvalue weighted by molar-refractivity contribution is 5.81. The molecule has 5 N–H and O–H groups in total. The first-order valence-electron chi connectivity index (χ1n) is 6.86. The van der Waals surface area contributed by atoms with Crippen LogP contribution < -0.4 is 11.4 Å². The van der Waals surface area contributed by atoms with E-state index in [1.807, 2.05) is 0 Å². The lowest BCUT2D eigenvalue weighted by Gasteiger charge is -2.24. The van der Waals surface area contributed by atoms with Crippen molar-refractivity contribution in [3.05, 3.63) is 16.8 Å². The van der Waals surface area contributed by atoms with E-state index in [0.717, 1.165) is 0 Å². The maximum absolute atomic E-state index is 11.5. The summed E-state index contributed by atoms with van der Waals surface area (Å²) in [5.41, 5.74) is 4.66. The molecule has 4 heterocycles. The van der Waals surface area contributed by atoms with E-state index in [1.165, 1.54) is 10.9 Å². The SMILES string of the molecule is Nc1[nH]c(=O)nc2c1ncn2[C@@H]1O[C@@]2(CO)CCO[C@H]2[C@H]1O. The van der Waals surface area contributed by atoms with E-state index in [-0.39, 0.29) is 18.1 Å². The van der Waals surface area contributed by atoms with Crippen LogP contribution in [0, 0.1) is 0 Å². The molecule has 118 valence electrons. The summed E-state index contributed by atoms with van der Waals surface area (Å²) in [5.74, 6) is 0.0922. The third-order valence-corrected chi connectivity index (χ3v) is 4.31. The Morgan fingerprint density at radius 3 is 3.14 bits per heavy atom. The Balaban J connectivity index is 1.82. The van der Waals surface area contributed by atoms with Crippen molar-refractivity contribution in [2.24, 2.45) is 0 Å². The smallest absolute Gasteiger partial charge is 0.348 e. The number of aromatic nitrogens is 4. The van der Waals surface area contributed by atoms with Crippen molar-refractivity contribution in [2.45, 2.75) is 30.5 Å². The molecule has 0 amide bonds. The molecule has 0 aliphatic carbocycles. The molecule has 2 aliphatic heterocycles. The third-order valence-electron chi connectivity index (χ3n) is 4.31. The molecule has 2 aromatic heterocycles. The number of anilines is 1. The van der Waals surface area contributed by atoms with Crippen molar-refractivity contribution in [1.29, 1.82) is 0 Å². The predicted octanol–water partition coefficient (Wildman–Crippen LogP) is -1.89. The molecule has 0 bridgehead atoms. The number of ether oxygens (including phenoxy) is 2. The van der Waals surface area contributed by atoms with Crippen molar-refractivity contribution in [2.75, 3.05) is 18.9 Å². The van der Waals surface area contributed by atoms with Crippen LogP contribution in [0.5, 0.6) is 0 Å². The van der Waals surface area contributed by atoms with Gasteiger partial charge in [0.15, 0.2) is 11.9 Å². The van der Waals surface area contributed by atoms with Gasteiger partial charge in [0, 0.05) is 6.42 Å². The normalized spacial score (nSPS) is 34.4. The van der Waals surface area contributed by atoms with E-state index >= 15 is 0 Å². The van der Waals surface area contributed by atoms with Gasteiger partial charge in [-0.2, -0.15) is 4.98 Å². The van der Waals surface area contributed by atoms with Crippen LogP contribution in [0.2, 0.25) is 0 Å². The maximum atomic E-state index is 11.5. The summed E-state index contributed by atoms with van der Waals surface area (Å²) >= 11 is 0. The molecule has 10 nitrogen and oxygen atoms in total. The molecule has 0 radical (unpaired) electrons. The second kappa shape index (κ2) is 4.49. The summed E-state index contributed by atoms with van der Waals surface area (Å²) in [5, 5.41) is 20.1. The van der Waals surface area contributed by atoms with Crippen LogP contribution in [-0.2, 0) is 9.47 Å². The number of fused-ring (bicyclic) bond motifs is 2. The Hall–Kier alpha value is -2.01.